The first-order chi connectivity index (χ1) is 7.17. The van der Waals surface area contributed by atoms with Crippen molar-refractivity contribution in [2.75, 3.05) is 14.2 Å². The van der Waals surface area contributed by atoms with Crippen molar-refractivity contribution in [2.45, 2.75) is 25.8 Å². The molecule has 0 fully saturated rings. The molecule has 86 valence electrons. The molecular formula is C10H16INO3. The lowest BCUT2D eigenvalue weighted by Gasteiger charge is -2.21. The van der Waals surface area contributed by atoms with Gasteiger partial charge in [0, 0.05) is 14.2 Å². The minimum Gasteiger partial charge on any atom is -0.454 e. The fraction of sp³-hybridized carbons (Fsp3) is 0.600. The van der Waals surface area contributed by atoms with Gasteiger partial charge in [-0.05, 0) is 41.6 Å². The van der Waals surface area contributed by atoms with Gasteiger partial charge in [-0.2, -0.15) is 0 Å². The van der Waals surface area contributed by atoms with E-state index in [9.17, 15) is 0 Å². The fourth-order valence-electron chi connectivity index (χ4n) is 1.31. The Labute approximate surface area is 103 Å². The van der Waals surface area contributed by atoms with Gasteiger partial charge >= 0.3 is 0 Å². The summed E-state index contributed by atoms with van der Waals surface area (Å²) in [4.78, 5) is 0. The lowest BCUT2D eigenvalue weighted by molar-refractivity contribution is -0.119. The molecule has 1 unspecified atom stereocenters. The van der Waals surface area contributed by atoms with Crippen LogP contribution in [0.1, 0.15) is 12.7 Å². The summed E-state index contributed by atoms with van der Waals surface area (Å²) in [5, 5.41) is 3.27. The third-order valence-electron chi connectivity index (χ3n) is 2.10. The van der Waals surface area contributed by atoms with E-state index in [4.69, 9.17) is 13.9 Å². The molecule has 1 atom stereocenters. The van der Waals surface area contributed by atoms with Crippen molar-refractivity contribution in [3.63, 3.8) is 0 Å². The summed E-state index contributed by atoms with van der Waals surface area (Å²) < 4.78 is 16.6. The maximum absolute atomic E-state index is 5.42. The van der Waals surface area contributed by atoms with Crippen molar-refractivity contribution >= 4 is 22.6 Å². The van der Waals surface area contributed by atoms with Gasteiger partial charge in [0.2, 0.25) is 0 Å². The van der Waals surface area contributed by atoms with Crippen molar-refractivity contribution < 1.29 is 13.9 Å². The fourth-order valence-corrected chi connectivity index (χ4v) is 1.77. The molecule has 1 N–H and O–H groups in total. The summed E-state index contributed by atoms with van der Waals surface area (Å²) in [6, 6.07) is 4.01. The van der Waals surface area contributed by atoms with Crippen LogP contribution in [0.15, 0.2) is 16.5 Å². The minimum atomic E-state index is -0.237. The SMILES string of the molecule is COC(OC)C(C)NCc1ccc(I)o1. The molecule has 4 nitrogen and oxygen atoms in total. The molecule has 1 rings (SSSR count). The van der Waals surface area contributed by atoms with Gasteiger partial charge < -0.3 is 19.2 Å². The van der Waals surface area contributed by atoms with Gasteiger partial charge in [0.25, 0.3) is 0 Å². The van der Waals surface area contributed by atoms with Crippen molar-refractivity contribution in [1.82, 2.24) is 5.32 Å². The average Bonchev–Trinajstić information content (AvgIpc) is 2.63. The summed E-state index contributed by atoms with van der Waals surface area (Å²) in [5.41, 5.74) is 0. The number of rotatable bonds is 6. The predicted octanol–water partition coefficient (Wildman–Crippen LogP) is 1.98. The van der Waals surface area contributed by atoms with Crippen LogP contribution in [-0.4, -0.2) is 26.6 Å². The molecular weight excluding hydrogens is 309 g/mol. The zero-order chi connectivity index (χ0) is 11.3. The van der Waals surface area contributed by atoms with Gasteiger partial charge in [-0.15, -0.1) is 0 Å². The van der Waals surface area contributed by atoms with Gasteiger partial charge in [0.15, 0.2) is 10.1 Å². The van der Waals surface area contributed by atoms with Gasteiger partial charge in [0.1, 0.15) is 5.76 Å². The van der Waals surface area contributed by atoms with Crippen LogP contribution in [0.2, 0.25) is 0 Å². The van der Waals surface area contributed by atoms with Gasteiger partial charge in [0.05, 0.1) is 12.6 Å². The van der Waals surface area contributed by atoms with E-state index in [1.165, 1.54) is 0 Å². The largest absolute Gasteiger partial charge is 0.454 e. The Kier molecular flexibility index (Phi) is 5.59. The Bertz CT molecular complexity index is 286. The molecule has 1 aromatic heterocycles. The molecule has 0 radical (unpaired) electrons. The van der Waals surface area contributed by atoms with E-state index in [-0.39, 0.29) is 12.3 Å². The third-order valence-corrected chi connectivity index (χ3v) is 2.68. The Morgan fingerprint density at radius 1 is 1.40 bits per heavy atom. The second-order valence-electron chi connectivity index (χ2n) is 3.22. The molecule has 0 amide bonds. The van der Waals surface area contributed by atoms with E-state index in [1.54, 1.807) is 14.2 Å². The monoisotopic (exact) mass is 325 g/mol. The Hall–Kier alpha value is -0.110. The summed E-state index contributed by atoms with van der Waals surface area (Å²) in [5.74, 6) is 0.914. The number of ether oxygens (including phenoxy) is 2. The molecule has 0 aliphatic heterocycles. The summed E-state index contributed by atoms with van der Waals surface area (Å²) >= 11 is 2.14. The lowest BCUT2D eigenvalue weighted by Crippen LogP contribution is -2.39. The van der Waals surface area contributed by atoms with Crippen molar-refractivity contribution in [1.29, 1.82) is 0 Å². The van der Waals surface area contributed by atoms with Crippen LogP contribution in [0.3, 0.4) is 0 Å². The van der Waals surface area contributed by atoms with Crippen molar-refractivity contribution in [2.24, 2.45) is 0 Å². The smallest absolute Gasteiger partial charge is 0.171 e. The van der Waals surface area contributed by atoms with Crippen LogP contribution in [0, 0.1) is 3.77 Å². The van der Waals surface area contributed by atoms with Crippen molar-refractivity contribution in [3.8, 4) is 0 Å². The highest BCUT2D eigenvalue weighted by Crippen LogP contribution is 2.10. The molecule has 0 aliphatic carbocycles. The van der Waals surface area contributed by atoms with E-state index in [2.05, 4.69) is 27.9 Å². The van der Waals surface area contributed by atoms with Crippen LogP contribution in [-0.2, 0) is 16.0 Å². The minimum absolute atomic E-state index is 0.114. The molecule has 0 bridgehead atoms. The van der Waals surface area contributed by atoms with E-state index in [0.717, 1.165) is 9.53 Å². The topological polar surface area (TPSA) is 43.6 Å². The maximum atomic E-state index is 5.42. The molecule has 1 aromatic rings. The molecule has 0 saturated heterocycles. The summed E-state index contributed by atoms with van der Waals surface area (Å²) in [7, 11) is 3.25. The number of furan rings is 1. The quantitative estimate of drug-likeness (QED) is 0.642. The summed E-state index contributed by atoms with van der Waals surface area (Å²) in [6.07, 6.45) is -0.237. The number of nitrogens with one attached hydrogen (secondary N) is 1. The van der Waals surface area contributed by atoms with Crippen LogP contribution in [0.4, 0.5) is 0 Å². The first-order valence-electron chi connectivity index (χ1n) is 4.70. The van der Waals surface area contributed by atoms with E-state index < -0.39 is 0 Å². The van der Waals surface area contributed by atoms with E-state index in [1.807, 2.05) is 19.1 Å². The standard InChI is InChI=1S/C10H16INO3/c1-7(10(13-2)14-3)12-6-8-4-5-9(11)15-8/h4-5,7,10,12H,6H2,1-3H3. The van der Waals surface area contributed by atoms with Gasteiger partial charge in [-0.1, -0.05) is 0 Å². The third kappa shape index (κ3) is 4.10. The number of hydrogen-bond donors (Lipinski definition) is 1. The molecule has 0 aromatic carbocycles. The van der Waals surface area contributed by atoms with Crippen LogP contribution >= 0.6 is 22.6 Å². The average molecular weight is 325 g/mol. The number of methoxy groups -OCH3 is 2. The second-order valence-corrected chi connectivity index (χ2v) is 4.28. The maximum Gasteiger partial charge on any atom is 0.171 e. The Balaban J connectivity index is 2.36. The lowest BCUT2D eigenvalue weighted by atomic mass is 10.3. The van der Waals surface area contributed by atoms with Crippen LogP contribution in [0.25, 0.3) is 0 Å². The summed E-state index contributed by atoms with van der Waals surface area (Å²) in [6.45, 7) is 2.68. The molecule has 0 spiro atoms. The van der Waals surface area contributed by atoms with E-state index in [0.29, 0.717) is 6.54 Å². The van der Waals surface area contributed by atoms with Crippen molar-refractivity contribution in [3.05, 3.63) is 21.7 Å². The highest BCUT2D eigenvalue weighted by Gasteiger charge is 2.15. The number of hydrogen-bond acceptors (Lipinski definition) is 4. The first-order valence-corrected chi connectivity index (χ1v) is 5.78. The van der Waals surface area contributed by atoms with Crippen LogP contribution in [0.5, 0.6) is 0 Å². The normalized spacial score (nSPS) is 13.4. The van der Waals surface area contributed by atoms with Gasteiger partial charge in [-0.3, -0.25) is 0 Å². The van der Waals surface area contributed by atoms with Crippen LogP contribution < -0.4 is 5.32 Å². The molecule has 1 heterocycles. The Morgan fingerprint density at radius 3 is 2.53 bits per heavy atom. The Morgan fingerprint density at radius 2 is 2.07 bits per heavy atom. The zero-order valence-electron chi connectivity index (χ0n) is 9.12. The highest BCUT2D eigenvalue weighted by atomic mass is 127. The molecule has 15 heavy (non-hydrogen) atoms. The highest BCUT2D eigenvalue weighted by molar-refractivity contribution is 14.1. The predicted molar refractivity (Wildman–Crippen MR) is 65.5 cm³/mol. The zero-order valence-corrected chi connectivity index (χ0v) is 11.3. The van der Waals surface area contributed by atoms with E-state index >= 15 is 0 Å². The molecule has 0 saturated carbocycles. The molecule has 5 heteroatoms. The molecule has 0 aliphatic rings. The second kappa shape index (κ2) is 6.47. The van der Waals surface area contributed by atoms with Gasteiger partial charge in [-0.25, -0.2) is 0 Å². The first kappa shape index (κ1) is 13.0. The number of halogens is 1.